The Kier molecular flexibility index (Phi) is 3.95. The highest BCUT2D eigenvalue weighted by molar-refractivity contribution is 5.90. The quantitative estimate of drug-likeness (QED) is 0.700. The van der Waals surface area contributed by atoms with Crippen LogP contribution in [0, 0.1) is 0 Å². The van der Waals surface area contributed by atoms with Gasteiger partial charge >= 0.3 is 11.9 Å². The van der Waals surface area contributed by atoms with E-state index in [-0.39, 0.29) is 19.4 Å². The summed E-state index contributed by atoms with van der Waals surface area (Å²) >= 11 is 0. The number of rotatable bonds is 4. The molecule has 1 heterocycles. The van der Waals surface area contributed by atoms with E-state index in [2.05, 4.69) is 0 Å². The number of carboxylic acid groups (broad SMARTS) is 2. The zero-order chi connectivity index (χ0) is 15.6. The van der Waals surface area contributed by atoms with Gasteiger partial charge in [-0.2, -0.15) is 0 Å². The van der Waals surface area contributed by atoms with Crippen LogP contribution < -0.4 is 5.73 Å². The molecule has 1 aliphatic heterocycles. The molecule has 0 spiro atoms. The van der Waals surface area contributed by atoms with E-state index >= 15 is 0 Å². The summed E-state index contributed by atoms with van der Waals surface area (Å²) in [5, 5.41) is 18.3. The molecule has 1 amide bonds. The minimum absolute atomic E-state index is 0.0142. The van der Waals surface area contributed by atoms with Crippen molar-refractivity contribution in [3.63, 3.8) is 0 Å². The topological polar surface area (TPSA) is 121 Å². The molecule has 4 N–H and O–H groups in total. The van der Waals surface area contributed by atoms with Crippen molar-refractivity contribution in [1.29, 1.82) is 0 Å². The predicted octanol–water partition coefficient (Wildman–Crippen LogP) is -0.303. The normalized spacial score (nSPS) is 24.8. The minimum Gasteiger partial charge on any atom is -0.480 e. The van der Waals surface area contributed by atoms with Crippen LogP contribution in [0.5, 0.6) is 0 Å². The molecule has 7 nitrogen and oxygen atoms in total. The Morgan fingerprint density at radius 1 is 1.24 bits per heavy atom. The lowest BCUT2D eigenvalue weighted by atomic mass is 9.98. The standard InChI is InChI=1S/C14H16N2O5/c15-14(13(20)21)7-10(12(18)19)16(8-14)11(17)6-9-4-2-1-3-5-9/h1-5,10H,6-8,15H2,(H,18,19)(H,20,21)/t10-,14-/m1/s1. The lowest BCUT2D eigenvalue weighted by molar-refractivity contribution is -0.148. The van der Waals surface area contributed by atoms with Gasteiger partial charge in [0, 0.05) is 6.42 Å². The first-order valence-electron chi connectivity index (χ1n) is 6.42. The number of amides is 1. The van der Waals surface area contributed by atoms with Gasteiger partial charge in [-0.25, -0.2) is 4.79 Å². The smallest absolute Gasteiger partial charge is 0.326 e. The monoisotopic (exact) mass is 292 g/mol. The Balaban J connectivity index is 2.18. The third-order valence-corrected chi connectivity index (χ3v) is 3.62. The lowest BCUT2D eigenvalue weighted by Gasteiger charge is -2.22. The average molecular weight is 292 g/mol. The van der Waals surface area contributed by atoms with Crippen molar-refractivity contribution in [2.24, 2.45) is 5.73 Å². The molecule has 1 aromatic rings. The number of nitrogens with zero attached hydrogens (tertiary/aromatic N) is 1. The molecule has 0 aliphatic carbocycles. The molecule has 2 atom stereocenters. The number of carbonyl (C=O) groups is 3. The number of nitrogens with two attached hydrogens (primary N) is 1. The third kappa shape index (κ3) is 3.03. The number of hydrogen-bond donors (Lipinski definition) is 3. The van der Waals surface area contributed by atoms with Gasteiger partial charge < -0.3 is 20.8 Å². The van der Waals surface area contributed by atoms with Gasteiger partial charge in [-0.3, -0.25) is 9.59 Å². The maximum absolute atomic E-state index is 12.3. The highest BCUT2D eigenvalue weighted by atomic mass is 16.4. The van der Waals surface area contributed by atoms with Crippen LogP contribution in [0.4, 0.5) is 0 Å². The van der Waals surface area contributed by atoms with Gasteiger partial charge in [0.1, 0.15) is 11.6 Å². The Labute approximate surface area is 121 Å². The highest BCUT2D eigenvalue weighted by Gasteiger charge is 2.51. The summed E-state index contributed by atoms with van der Waals surface area (Å²) in [4.78, 5) is 35.7. The Hall–Kier alpha value is -2.41. The number of hydrogen-bond acceptors (Lipinski definition) is 4. The van der Waals surface area contributed by atoms with Crippen molar-refractivity contribution in [2.45, 2.75) is 24.4 Å². The third-order valence-electron chi connectivity index (χ3n) is 3.62. The molecule has 0 unspecified atom stereocenters. The zero-order valence-corrected chi connectivity index (χ0v) is 11.2. The fraction of sp³-hybridized carbons (Fsp3) is 0.357. The van der Waals surface area contributed by atoms with E-state index in [1.165, 1.54) is 0 Å². The fourth-order valence-corrected chi connectivity index (χ4v) is 2.44. The number of likely N-dealkylation sites (tertiary alicyclic amines) is 1. The molecule has 21 heavy (non-hydrogen) atoms. The van der Waals surface area contributed by atoms with Crippen molar-refractivity contribution < 1.29 is 24.6 Å². The summed E-state index contributed by atoms with van der Waals surface area (Å²) in [5.41, 5.74) is 4.71. The van der Waals surface area contributed by atoms with Crippen LogP contribution in [-0.4, -0.2) is 51.1 Å². The van der Waals surface area contributed by atoms with Crippen LogP contribution in [0.3, 0.4) is 0 Å². The Morgan fingerprint density at radius 2 is 1.86 bits per heavy atom. The van der Waals surface area contributed by atoms with Crippen molar-refractivity contribution in [1.82, 2.24) is 4.90 Å². The second-order valence-corrected chi connectivity index (χ2v) is 5.20. The highest BCUT2D eigenvalue weighted by Crippen LogP contribution is 2.26. The maximum Gasteiger partial charge on any atom is 0.326 e. The summed E-state index contributed by atoms with van der Waals surface area (Å²) in [6, 6.07) is 7.63. The van der Waals surface area contributed by atoms with Gasteiger partial charge in [0.2, 0.25) is 5.91 Å². The number of aliphatic carboxylic acids is 2. The second kappa shape index (κ2) is 5.53. The van der Waals surface area contributed by atoms with E-state index in [1.807, 2.05) is 0 Å². The Bertz CT molecular complexity index is 574. The van der Waals surface area contributed by atoms with Crippen LogP contribution in [0.2, 0.25) is 0 Å². The molecule has 112 valence electrons. The van der Waals surface area contributed by atoms with E-state index in [0.29, 0.717) is 0 Å². The van der Waals surface area contributed by atoms with Crippen LogP contribution in [-0.2, 0) is 20.8 Å². The number of benzene rings is 1. The molecular formula is C14H16N2O5. The minimum atomic E-state index is -1.71. The molecule has 1 saturated heterocycles. The van der Waals surface area contributed by atoms with Gasteiger partial charge in [-0.15, -0.1) is 0 Å². The van der Waals surface area contributed by atoms with E-state index in [0.717, 1.165) is 10.5 Å². The molecule has 0 bridgehead atoms. The summed E-state index contributed by atoms with van der Waals surface area (Å²) < 4.78 is 0. The molecule has 0 saturated carbocycles. The van der Waals surface area contributed by atoms with Gasteiger partial charge in [0.15, 0.2) is 0 Å². The molecular weight excluding hydrogens is 276 g/mol. The molecule has 1 aromatic carbocycles. The molecule has 0 aromatic heterocycles. The summed E-state index contributed by atoms with van der Waals surface area (Å²) in [6.45, 7) is -0.301. The van der Waals surface area contributed by atoms with Crippen LogP contribution in [0.15, 0.2) is 30.3 Å². The van der Waals surface area contributed by atoms with Crippen molar-refractivity contribution >= 4 is 17.8 Å². The predicted molar refractivity (Wildman–Crippen MR) is 72.5 cm³/mol. The molecule has 1 fully saturated rings. The number of carboxylic acids is 2. The van der Waals surface area contributed by atoms with E-state index in [9.17, 15) is 19.5 Å². The summed E-state index contributed by atoms with van der Waals surface area (Å²) in [7, 11) is 0. The molecule has 2 rings (SSSR count). The van der Waals surface area contributed by atoms with Crippen LogP contribution >= 0.6 is 0 Å². The fourth-order valence-electron chi connectivity index (χ4n) is 2.44. The van der Waals surface area contributed by atoms with Gasteiger partial charge in [-0.05, 0) is 5.56 Å². The largest absolute Gasteiger partial charge is 0.480 e. The Morgan fingerprint density at radius 3 is 2.38 bits per heavy atom. The molecule has 7 heteroatoms. The lowest BCUT2D eigenvalue weighted by Crippen LogP contribution is -2.50. The summed E-state index contributed by atoms with van der Waals surface area (Å²) in [6.07, 6.45) is -0.279. The van der Waals surface area contributed by atoms with Crippen molar-refractivity contribution in [3.05, 3.63) is 35.9 Å². The van der Waals surface area contributed by atoms with E-state index in [4.69, 9.17) is 10.8 Å². The second-order valence-electron chi connectivity index (χ2n) is 5.20. The number of carbonyl (C=O) groups excluding carboxylic acids is 1. The van der Waals surface area contributed by atoms with E-state index in [1.54, 1.807) is 30.3 Å². The van der Waals surface area contributed by atoms with Crippen molar-refractivity contribution in [2.75, 3.05) is 6.54 Å². The molecule has 0 radical (unpaired) electrons. The first kappa shape index (κ1) is 15.0. The average Bonchev–Trinajstić information content (AvgIpc) is 2.80. The zero-order valence-electron chi connectivity index (χ0n) is 11.2. The van der Waals surface area contributed by atoms with Crippen molar-refractivity contribution in [3.8, 4) is 0 Å². The maximum atomic E-state index is 12.3. The summed E-state index contributed by atoms with van der Waals surface area (Å²) in [5.74, 6) is -2.99. The van der Waals surface area contributed by atoms with Crippen LogP contribution in [0.25, 0.3) is 0 Å². The SMILES string of the molecule is N[C@]1(C(=O)O)C[C@H](C(=O)O)N(C(=O)Cc2ccccc2)C1. The van der Waals surface area contributed by atoms with E-state index < -0.39 is 29.4 Å². The first-order chi connectivity index (χ1) is 9.83. The molecule has 1 aliphatic rings. The van der Waals surface area contributed by atoms with Gasteiger partial charge in [0.25, 0.3) is 0 Å². The van der Waals surface area contributed by atoms with Gasteiger partial charge in [-0.1, -0.05) is 30.3 Å². The first-order valence-corrected chi connectivity index (χ1v) is 6.42. The van der Waals surface area contributed by atoms with Gasteiger partial charge in [0.05, 0.1) is 13.0 Å². The van der Waals surface area contributed by atoms with Crippen LogP contribution in [0.1, 0.15) is 12.0 Å².